The largest absolute Gasteiger partial charge is 0.490 e. The van der Waals surface area contributed by atoms with Gasteiger partial charge in [0, 0.05) is 17.7 Å². The first-order valence-corrected chi connectivity index (χ1v) is 12.7. The molecule has 10 nitrogen and oxygen atoms in total. The van der Waals surface area contributed by atoms with Crippen LogP contribution in [-0.2, 0) is 0 Å². The fourth-order valence-corrected chi connectivity index (χ4v) is 4.16. The SMILES string of the molecule is CCOc1cc(C=Nn2c(-c3cccc(C)c3)nc3ccccc3c2=O)ccc1OC(=O)c1ccc([N+](=O)[O-])cc1. The smallest absolute Gasteiger partial charge is 0.343 e. The van der Waals surface area contributed by atoms with Crippen molar-refractivity contribution in [2.24, 2.45) is 5.10 Å². The lowest BCUT2D eigenvalue weighted by Crippen LogP contribution is -2.20. The number of fused-ring (bicyclic) bond motifs is 1. The van der Waals surface area contributed by atoms with Crippen molar-refractivity contribution in [2.75, 3.05) is 6.61 Å². The van der Waals surface area contributed by atoms with E-state index in [2.05, 4.69) is 5.10 Å². The Hall–Kier alpha value is -5.64. The summed E-state index contributed by atoms with van der Waals surface area (Å²) in [5.74, 6) is 0.151. The van der Waals surface area contributed by atoms with Crippen LogP contribution in [0.5, 0.6) is 11.5 Å². The Morgan fingerprint density at radius 2 is 1.78 bits per heavy atom. The van der Waals surface area contributed by atoms with Crippen molar-refractivity contribution in [2.45, 2.75) is 13.8 Å². The molecule has 0 bridgehead atoms. The Balaban J connectivity index is 1.49. The van der Waals surface area contributed by atoms with Crippen molar-refractivity contribution in [3.8, 4) is 22.9 Å². The molecule has 0 saturated heterocycles. The minimum Gasteiger partial charge on any atom is -0.490 e. The van der Waals surface area contributed by atoms with Gasteiger partial charge in [-0.05, 0) is 67.9 Å². The van der Waals surface area contributed by atoms with E-state index in [4.69, 9.17) is 14.5 Å². The number of nitro groups is 1. The molecule has 4 aromatic carbocycles. The van der Waals surface area contributed by atoms with E-state index in [1.54, 1.807) is 43.3 Å². The summed E-state index contributed by atoms with van der Waals surface area (Å²) >= 11 is 0. The molecule has 0 aliphatic carbocycles. The average Bonchev–Trinajstić information content (AvgIpc) is 2.98. The predicted molar refractivity (Wildman–Crippen MR) is 155 cm³/mol. The number of aromatic nitrogens is 2. The van der Waals surface area contributed by atoms with Crippen LogP contribution in [0.2, 0.25) is 0 Å². The molecule has 0 N–H and O–H groups in total. The van der Waals surface area contributed by atoms with Gasteiger partial charge in [0.15, 0.2) is 17.3 Å². The number of esters is 1. The molecule has 5 aromatic rings. The zero-order chi connectivity index (χ0) is 28.9. The van der Waals surface area contributed by atoms with Crippen LogP contribution in [0.15, 0.2) is 101 Å². The maximum absolute atomic E-state index is 13.5. The number of aryl methyl sites for hydroxylation is 1. The van der Waals surface area contributed by atoms with Gasteiger partial charge in [-0.3, -0.25) is 14.9 Å². The van der Waals surface area contributed by atoms with Crippen LogP contribution >= 0.6 is 0 Å². The molecule has 1 heterocycles. The summed E-state index contributed by atoms with van der Waals surface area (Å²) in [5, 5.41) is 15.8. The first-order chi connectivity index (χ1) is 19.8. The van der Waals surface area contributed by atoms with Gasteiger partial charge >= 0.3 is 5.97 Å². The van der Waals surface area contributed by atoms with Gasteiger partial charge in [-0.2, -0.15) is 9.78 Å². The summed E-state index contributed by atoms with van der Waals surface area (Å²) in [5.41, 5.74) is 2.61. The minimum atomic E-state index is -0.696. The molecular weight excluding hydrogens is 524 g/mol. The third-order valence-electron chi connectivity index (χ3n) is 6.14. The molecule has 0 unspecified atom stereocenters. The number of non-ortho nitro benzene ring substituents is 1. The Morgan fingerprint density at radius 3 is 2.51 bits per heavy atom. The van der Waals surface area contributed by atoms with E-state index in [0.29, 0.717) is 28.9 Å². The molecule has 0 radical (unpaired) electrons. The van der Waals surface area contributed by atoms with Gasteiger partial charge in [-0.1, -0.05) is 35.9 Å². The van der Waals surface area contributed by atoms with Crippen molar-refractivity contribution < 1.29 is 19.2 Å². The number of ether oxygens (including phenoxy) is 2. The first kappa shape index (κ1) is 26.9. The number of para-hydroxylation sites is 1. The van der Waals surface area contributed by atoms with Gasteiger partial charge < -0.3 is 9.47 Å². The van der Waals surface area contributed by atoms with Crippen LogP contribution in [0, 0.1) is 17.0 Å². The molecule has 10 heteroatoms. The number of benzene rings is 4. The molecule has 0 saturated carbocycles. The number of carbonyl (C=O) groups excluding carboxylic acids is 1. The highest BCUT2D eigenvalue weighted by Gasteiger charge is 2.16. The molecule has 204 valence electrons. The standard InChI is InChI=1S/C31H24N4O6/c1-3-40-28-18-21(11-16-27(28)41-31(37)22-12-14-24(15-13-22)35(38)39)19-32-34-29(23-8-6-7-20(2)17-23)33-26-10-5-4-9-25(26)30(34)36/h4-19H,3H2,1-2H3. The van der Waals surface area contributed by atoms with Crippen LogP contribution in [0.3, 0.4) is 0 Å². The number of nitro benzene ring substituents is 1. The highest BCUT2D eigenvalue weighted by molar-refractivity contribution is 5.92. The average molecular weight is 549 g/mol. The van der Waals surface area contributed by atoms with E-state index in [9.17, 15) is 19.7 Å². The molecule has 0 fully saturated rings. The highest BCUT2D eigenvalue weighted by Crippen LogP contribution is 2.29. The maximum Gasteiger partial charge on any atom is 0.343 e. The molecule has 0 spiro atoms. The monoisotopic (exact) mass is 548 g/mol. The number of nitrogens with zero attached hydrogens (tertiary/aromatic N) is 4. The topological polar surface area (TPSA) is 126 Å². The predicted octanol–water partition coefficient (Wildman–Crippen LogP) is 5.78. The Bertz CT molecular complexity index is 1860. The number of hydrogen-bond donors (Lipinski definition) is 0. The second kappa shape index (κ2) is 11.6. The molecule has 5 rings (SSSR count). The van der Waals surface area contributed by atoms with E-state index in [0.717, 1.165) is 11.1 Å². The summed E-state index contributed by atoms with van der Waals surface area (Å²) in [7, 11) is 0. The fraction of sp³-hybridized carbons (Fsp3) is 0.0968. The van der Waals surface area contributed by atoms with Gasteiger partial charge in [-0.25, -0.2) is 9.78 Å². The van der Waals surface area contributed by atoms with Crippen molar-refractivity contribution in [3.63, 3.8) is 0 Å². The normalized spacial score (nSPS) is 11.1. The molecule has 0 aliphatic rings. The zero-order valence-electron chi connectivity index (χ0n) is 22.2. The van der Waals surface area contributed by atoms with E-state index >= 15 is 0 Å². The van der Waals surface area contributed by atoms with E-state index in [1.165, 1.54) is 35.2 Å². The van der Waals surface area contributed by atoms with Gasteiger partial charge in [0.1, 0.15) is 0 Å². The molecule has 0 atom stereocenters. The highest BCUT2D eigenvalue weighted by atomic mass is 16.6. The summed E-state index contributed by atoms with van der Waals surface area (Å²) in [4.78, 5) is 41.2. The third-order valence-corrected chi connectivity index (χ3v) is 6.14. The maximum atomic E-state index is 13.5. The Morgan fingerprint density at radius 1 is 1.00 bits per heavy atom. The van der Waals surface area contributed by atoms with Crippen LogP contribution in [0.1, 0.15) is 28.4 Å². The van der Waals surface area contributed by atoms with Crippen molar-refractivity contribution in [1.29, 1.82) is 0 Å². The van der Waals surface area contributed by atoms with Crippen LogP contribution in [-0.4, -0.2) is 33.4 Å². The quantitative estimate of drug-likeness (QED) is 0.0791. The second-order valence-electron chi connectivity index (χ2n) is 9.02. The molecule has 41 heavy (non-hydrogen) atoms. The van der Waals surface area contributed by atoms with Gasteiger partial charge in [-0.15, -0.1) is 0 Å². The lowest BCUT2D eigenvalue weighted by Gasteiger charge is -2.12. The van der Waals surface area contributed by atoms with E-state index in [1.807, 2.05) is 37.3 Å². The first-order valence-electron chi connectivity index (χ1n) is 12.7. The molecular formula is C31H24N4O6. The molecule has 0 amide bonds. The van der Waals surface area contributed by atoms with E-state index in [-0.39, 0.29) is 28.3 Å². The van der Waals surface area contributed by atoms with Crippen LogP contribution < -0.4 is 15.0 Å². The van der Waals surface area contributed by atoms with Gasteiger partial charge in [0.05, 0.1) is 34.2 Å². The second-order valence-corrected chi connectivity index (χ2v) is 9.02. The Labute approximate surface area is 234 Å². The summed E-state index contributed by atoms with van der Waals surface area (Å²) in [6.07, 6.45) is 1.50. The summed E-state index contributed by atoms with van der Waals surface area (Å²) in [6, 6.07) is 24.7. The van der Waals surface area contributed by atoms with Crippen molar-refractivity contribution in [3.05, 3.63) is 128 Å². The number of hydrogen-bond acceptors (Lipinski definition) is 8. The zero-order valence-corrected chi connectivity index (χ0v) is 22.2. The van der Waals surface area contributed by atoms with E-state index < -0.39 is 10.9 Å². The van der Waals surface area contributed by atoms with Gasteiger partial charge in [0.2, 0.25) is 0 Å². The van der Waals surface area contributed by atoms with Crippen molar-refractivity contribution >= 4 is 28.8 Å². The number of rotatable bonds is 8. The van der Waals surface area contributed by atoms with Crippen molar-refractivity contribution in [1.82, 2.24) is 9.66 Å². The number of carbonyl (C=O) groups is 1. The van der Waals surface area contributed by atoms with Gasteiger partial charge in [0.25, 0.3) is 11.2 Å². The summed E-state index contributed by atoms with van der Waals surface area (Å²) < 4.78 is 12.5. The summed E-state index contributed by atoms with van der Waals surface area (Å²) in [6.45, 7) is 4.05. The molecule has 1 aromatic heterocycles. The lowest BCUT2D eigenvalue weighted by molar-refractivity contribution is -0.384. The minimum absolute atomic E-state index is 0.133. The fourth-order valence-electron chi connectivity index (χ4n) is 4.16. The van der Waals surface area contributed by atoms with Crippen LogP contribution in [0.25, 0.3) is 22.3 Å². The third kappa shape index (κ3) is 5.86. The molecule has 0 aliphatic heterocycles. The lowest BCUT2D eigenvalue weighted by atomic mass is 10.1. The Kier molecular flexibility index (Phi) is 7.64. The van der Waals surface area contributed by atoms with Crippen LogP contribution in [0.4, 0.5) is 5.69 Å².